The van der Waals surface area contributed by atoms with Crippen LogP contribution in [0.1, 0.15) is 26.7 Å². The first-order valence-electron chi connectivity index (χ1n) is 13.2. The molecule has 234 valence electrons. The van der Waals surface area contributed by atoms with Crippen LogP contribution in [0, 0.1) is 11.8 Å². The fraction of sp³-hybridized carbons (Fsp3) is 0.840. The number of aliphatic hydroxyl groups is 7. The number of methoxy groups -OCH3 is 1. The lowest BCUT2D eigenvalue weighted by Gasteiger charge is -2.47. The first-order valence-corrected chi connectivity index (χ1v) is 13.2. The van der Waals surface area contributed by atoms with E-state index in [1.807, 2.05) is 0 Å². The second-order valence-corrected chi connectivity index (χ2v) is 10.8. The SMILES string of the molecule is COC(=O)C1=CO[C@H](O[C@@H]2O[C@H](CO)[C@@H](O)[C@@H](O)[C@H]2O[C@H]2O[C@H](CO)[C@@H](O)[C@H](O)[C@@H]2O)[C@@H]2[C@@H]1CC[C@@]2(C)OC(C)=O. The van der Waals surface area contributed by atoms with Gasteiger partial charge in [-0.1, -0.05) is 0 Å². The van der Waals surface area contributed by atoms with Crippen molar-refractivity contribution >= 4 is 11.9 Å². The first-order chi connectivity index (χ1) is 19.4. The summed E-state index contributed by atoms with van der Waals surface area (Å²) in [6, 6.07) is 0. The lowest BCUT2D eigenvalue weighted by atomic mass is 9.81. The maximum atomic E-state index is 12.5. The summed E-state index contributed by atoms with van der Waals surface area (Å²) in [5, 5.41) is 71.4. The highest BCUT2D eigenvalue weighted by Crippen LogP contribution is 2.51. The van der Waals surface area contributed by atoms with Gasteiger partial charge in [0.15, 0.2) is 12.6 Å². The van der Waals surface area contributed by atoms with Crippen LogP contribution in [0.25, 0.3) is 0 Å². The van der Waals surface area contributed by atoms with Gasteiger partial charge in [-0.3, -0.25) is 4.79 Å². The van der Waals surface area contributed by atoms with E-state index in [1.54, 1.807) is 6.92 Å². The highest BCUT2D eigenvalue weighted by molar-refractivity contribution is 5.89. The fourth-order valence-electron chi connectivity index (χ4n) is 6.01. The van der Waals surface area contributed by atoms with Gasteiger partial charge in [-0.25, -0.2) is 4.79 Å². The number of hydrogen-bond donors (Lipinski definition) is 7. The van der Waals surface area contributed by atoms with E-state index in [1.165, 1.54) is 14.0 Å². The molecule has 16 nitrogen and oxygen atoms in total. The normalized spacial score (nSPS) is 46.2. The van der Waals surface area contributed by atoms with Gasteiger partial charge in [0.1, 0.15) is 54.4 Å². The Morgan fingerprint density at radius 3 is 2.10 bits per heavy atom. The molecule has 0 radical (unpaired) electrons. The number of hydrogen-bond acceptors (Lipinski definition) is 16. The maximum Gasteiger partial charge on any atom is 0.337 e. The topological polar surface area (TPSA) is 240 Å². The Bertz CT molecular complexity index is 973. The van der Waals surface area contributed by atoms with Crippen molar-refractivity contribution in [2.24, 2.45) is 11.8 Å². The molecule has 3 aliphatic heterocycles. The van der Waals surface area contributed by atoms with E-state index >= 15 is 0 Å². The van der Waals surface area contributed by atoms with Crippen molar-refractivity contribution < 1.29 is 78.5 Å². The van der Waals surface area contributed by atoms with Gasteiger partial charge in [-0.05, 0) is 19.8 Å². The van der Waals surface area contributed by atoms with Gasteiger partial charge >= 0.3 is 11.9 Å². The third kappa shape index (κ3) is 6.09. The molecular weight excluding hydrogens is 556 g/mol. The van der Waals surface area contributed by atoms with E-state index in [9.17, 15) is 45.3 Å². The zero-order chi connectivity index (χ0) is 30.2. The Morgan fingerprint density at radius 2 is 1.51 bits per heavy atom. The Kier molecular flexibility index (Phi) is 9.92. The van der Waals surface area contributed by atoms with E-state index in [4.69, 9.17) is 33.2 Å². The summed E-state index contributed by atoms with van der Waals surface area (Å²) in [7, 11) is 1.21. The van der Waals surface area contributed by atoms with E-state index < -0.39 is 110 Å². The third-order valence-corrected chi connectivity index (χ3v) is 8.14. The van der Waals surface area contributed by atoms with Crippen LogP contribution in [0.15, 0.2) is 11.8 Å². The largest absolute Gasteiger partial charge is 0.471 e. The number of fused-ring (bicyclic) bond motifs is 1. The summed E-state index contributed by atoms with van der Waals surface area (Å²) >= 11 is 0. The van der Waals surface area contributed by atoms with Gasteiger partial charge in [0.05, 0.1) is 38.1 Å². The van der Waals surface area contributed by atoms with Crippen LogP contribution in [-0.2, 0) is 42.7 Å². The van der Waals surface area contributed by atoms with Crippen LogP contribution in [0.3, 0.4) is 0 Å². The molecule has 16 heteroatoms. The highest BCUT2D eigenvalue weighted by Gasteiger charge is 2.59. The summed E-state index contributed by atoms with van der Waals surface area (Å²) in [5.41, 5.74) is -0.985. The average molecular weight is 595 g/mol. The number of rotatable bonds is 8. The van der Waals surface area contributed by atoms with E-state index in [2.05, 4.69) is 0 Å². The number of carbonyl (C=O) groups is 2. The molecule has 3 heterocycles. The molecule has 0 spiro atoms. The lowest BCUT2D eigenvalue weighted by molar-refractivity contribution is -0.386. The molecule has 0 aromatic heterocycles. The Hall–Kier alpha value is -1.96. The van der Waals surface area contributed by atoms with Crippen LogP contribution in [0.2, 0.25) is 0 Å². The molecule has 0 aromatic rings. The lowest BCUT2D eigenvalue weighted by Crippen LogP contribution is -2.65. The molecule has 0 amide bonds. The number of esters is 2. The van der Waals surface area contributed by atoms with Gasteiger partial charge in [0.25, 0.3) is 0 Å². The number of aliphatic hydroxyl groups excluding tert-OH is 7. The standard InChI is InChI=1S/C25H38O16/c1-9(28)41-25(2)5-4-10-11(21(34)35-3)8-36-22(14(10)25)40-24-20(18(32)16(30)13(7-27)38-24)39-23-19(33)17(31)15(29)12(6-26)37-23/h8,10,12-20,22-24,26-27,29-33H,4-7H2,1-3H3/t10-,12-,13-,14+,15-,16-,17+,18-,19+,20-,22-,23-,24+,25-/m1/s1. The molecule has 0 bridgehead atoms. The second kappa shape index (κ2) is 12.7. The van der Waals surface area contributed by atoms with Gasteiger partial charge in [-0.15, -0.1) is 0 Å². The van der Waals surface area contributed by atoms with Crippen molar-refractivity contribution in [3.63, 3.8) is 0 Å². The minimum absolute atomic E-state index is 0.190. The van der Waals surface area contributed by atoms with Gasteiger partial charge in [0, 0.05) is 12.8 Å². The number of carbonyl (C=O) groups excluding carboxylic acids is 2. The quantitative estimate of drug-likeness (QED) is 0.134. The number of ether oxygens (including phenoxy) is 7. The van der Waals surface area contributed by atoms with Crippen molar-refractivity contribution in [2.45, 2.75) is 100.0 Å². The molecule has 1 aliphatic carbocycles. The fourth-order valence-corrected chi connectivity index (χ4v) is 6.01. The minimum Gasteiger partial charge on any atom is -0.471 e. The summed E-state index contributed by atoms with van der Waals surface area (Å²) in [6.45, 7) is 1.40. The van der Waals surface area contributed by atoms with E-state index in [-0.39, 0.29) is 5.57 Å². The molecule has 41 heavy (non-hydrogen) atoms. The Labute approximate surface area is 234 Å². The van der Waals surface area contributed by atoms with Crippen LogP contribution in [0.4, 0.5) is 0 Å². The van der Waals surface area contributed by atoms with Crippen LogP contribution in [0.5, 0.6) is 0 Å². The molecule has 0 aromatic carbocycles. The molecule has 4 rings (SSSR count). The maximum absolute atomic E-state index is 12.5. The molecule has 1 saturated carbocycles. The van der Waals surface area contributed by atoms with Gasteiger partial charge in [0.2, 0.25) is 6.29 Å². The first kappa shape index (κ1) is 32.0. The monoisotopic (exact) mass is 594 g/mol. The van der Waals surface area contributed by atoms with Crippen LogP contribution in [-0.4, -0.2) is 141 Å². The molecule has 7 N–H and O–H groups in total. The Balaban J connectivity index is 1.64. The van der Waals surface area contributed by atoms with Gasteiger partial charge in [-0.2, -0.15) is 0 Å². The van der Waals surface area contributed by atoms with Crippen LogP contribution < -0.4 is 0 Å². The smallest absolute Gasteiger partial charge is 0.337 e. The van der Waals surface area contributed by atoms with Gasteiger partial charge < -0.3 is 68.9 Å². The zero-order valence-corrected chi connectivity index (χ0v) is 22.7. The zero-order valence-electron chi connectivity index (χ0n) is 22.7. The predicted molar refractivity (Wildman–Crippen MR) is 129 cm³/mol. The molecule has 4 aliphatic rings. The second-order valence-electron chi connectivity index (χ2n) is 10.8. The summed E-state index contributed by atoms with van der Waals surface area (Å²) in [5.74, 6) is -2.57. The van der Waals surface area contributed by atoms with Crippen molar-refractivity contribution in [1.29, 1.82) is 0 Å². The molecule has 0 unspecified atom stereocenters. The summed E-state index contributed by atoms with van der Waals surface area (Å²) in [4.78, 5) is 24.4. The van der Waals surface area contributed by atoms with Crippen molar-refractivity contribution in [1.82, 2.24) is 0 Å². The van der Waals surface area contributed by atoms with Crippen molar-refractivity contribution in [2.75, 3.05) is 20.3 Å². The van der Waals surface area contributed by atoms with Crippen LogP contribution >= 0.6 is 0 Å². The Morgan fingerprint density at radius 1 is 0.902 bits per heavy atom. The molecule has 14 atom stereocenters. The highest BCUT2D eigenvalue weighted by atomic mass is 16.8. The third-order valence-electron chi connectivity index (χ3n) is 8.14. The summed E-state index contributed by atoms with van der Waals surface area (Å²) in [6.07, 6.45) is -15.9. The minimum atomic E-state index is -1.85. The molecule has 2 saturated heterocycles. The predicted octanol–water partition coefficient (Wildman–Crippen LogP) is -3.61. The van der Waals surface area contributed by atoms with E-state index in [0.717, 1.165) is 6.26 Å². The summed E-state index contributed by atoms with van der Waals surface area (Å²) < 4.78 is 39.1. The molecule has 3 fully saturated rings. The van der Waals surface area contributed by atoms with Crippen molar-refractivity contribution in [3.05, 3.63) is 11.8 Å². The average Bonchev–Trinajstić information content (AvgIpc) is 3.28. The molecular formula is C25H38O16. The van der Waals surface area contributed by atoms with E-state index in [0.29, 0.717) is 12.8 Å². The van der Waals surface area contributed by atoms with Crippen molar-refractivity contribution in [3.8, 4) is 0 Å².